The van der Waals surface area contributed by atoms with Crippen LogP contribution in [0.4, 0.5) is 5.82 Å². The zero-order chi connectivity index (χ0) is 16.4. The van der Waals surface area contributed by atoms with Gasteiger partial charge in [-0.3, -0.25) is 0 Å². The maximum Gasteiger partial charge on any atom is 0.165 e. The molecule has 1 unspecified atom stereocenters. The molecule has 1 fully saturated rings. The second-order valence-corrected chi connectivity index (χ2v) is 5.95. The highest BCUT2D eigenvalue weighted by Crippen LogP contribution is 2.33. The molecule has 4 N–H and O–H groups in total. The number of nitrogens with two attached hydrogens (primary N) is 1. The number of nitrogens with one attached hydrogen (secondary N) is 1. The van der Waals surface area contributed by atoms with E-state index in [0.29, 0.717) is 21.8 Å². The number of benzene rings is 1. The second-order valence-electron chi connectivity index (χ2n) is 5.51. The molecule has 1 atom stereocenters. The minimum atomic E-state index is 0. The van der Waals surface area contributed by atoms with Gasteiger partial charge in [-0.25, -0.2) is 9.97 Å². The number of nitrogens with zero attached hydrogens (tertiary/aromatic N) is 3. The fourth-order valence-corrected chi connectivity index (χ4v) is 2.97. The van der Waals surface area contributed by atoms with Gasteiger partial charge in [-0.1, -0.05) is 11.6 Å². The molecular formula is C16H17Cl2N5O. The summed E-state index contributed by atoms with van der Waals surface area (Å²) in [5, 5.41) is 23.2. The number of aromatic hydroxyl groups is 1. The summed E-state index contributed by atoms with van der Waals surface area (Å²) in [5.41, 5.74) is 7.29. The van der Waals surface area contributed by atoms with Gasteiger partial charge >= 0.3 is 0 Å². The van der Waals surface area contributed by atoms with E-state index in [1.165, 1.54) is 6.07 Å². The monoisotopic (exact) mass is 365 g/mol. The molecule has 8 heteroatoms. The van der Waals surface area contributed by atoms with Crippen LogP contribution in [0, 0.1) is 11.3 Å². The van der Waals surface area contributed by atoms with E-state index in [4.69, 9.17) is 17.3 Å². The van der Waals surface area contributed by atoms with Crippen LogP contribution in [0.3, 0.4) is 0 Å². The molecule has 0 amide bonds. The standard InChI is InChI=1S/C16H16ClN5O.ClH/c17-10-3-4-13(23)11(6-10)16-21-14(9-2-1-5-20-8-9)12(7-18)15(19)22-16;/h3-4,6,9,20,23H,1-2,5,8H2,(H2,19,21,22);1H. The highest BCUT2D eigenvalue weighted by molar-refractivity contribution is 6.30. The van der Waals surface area contributed by atoms with Gasteiger partial charge in [0.1, 0.15) is 23.2 Å². The predicted molar refractivity (Wildman–Crippen MR) is 95.4 cm³/mol. The van der Waals surface area contributed by atoms with Gasteiger partial charge in [0.25, 0.3) is 0 Å². The van der Waals surface area contributed by atoms with Crippen molar-refractivity contribution in [2.24, 2.45) is 0 Å². The van der Waals surface area contributed by atoms with Crippen molar-refractivity contribution in [3.63, 3.8) is 0 Å². The molecule has 1 aliphatic heterocycles. The maximum atomic E-state index is 10.1. The van der Waals surface area contributed by atoms with Crippen molar-refractivity contribution in [1.29, 1.82) is 5.26 Å². The van der Waals surface area contributed by atoms with Gasteiger partial charge < -0.3 is 16.2 Å². The normalized spacial score (nSPS) is 16.9. The Morgan fingerprint density at radius 2 is 2.17 bits per heavy atom. The molecule has 6 nitrogen and oxygen atoms in total. The van der Waals surface area contributed by atoms with E-state index in [1.54, 1.807) is 12.1 Å². The lowest BCUT2D eigenvalue weighted by molar-refractivity contribution is 0.453. The third kappa shape index (κ3) is 3.54. The lowest BCUT2D eigenvalue weighted by Gasteiger charge is -2.23. The molecule has 126 valence electrons. The summed E-state index contributed by atoms with van der Waals surface area (Å²) < 4.78 is 0. The number of aromatic nitrogens is 2. The van der Waals surface area contributed by atoms with E-state index in [9.17, 15) is 10.4 Å². The number of halogens is 2. The fourth-order valence-electron chi connectivity index (χ4n) is 2.80. The Hall–Kier alpha value is -2.07. The number of hydrogen-bond acceptors (Lipinski definition) is 6. The average Bonchev–Trinajstić information content (AvgIpc) is 2.57. The topological polar surface area (TPSA) is 108 Å². The van der Waals surface area contributed by atoms with E-state index >= 15 is 0 Å². The molecule has 0 saturated carbocycles. The molecule has 1 aliphatic rings. The second kappa shape index (κ2) is 7.67. The molecule has 0 radical (unpaired) electrons. The van der Waals surface area contributed by atoms with E-state index in [0.717, 1.165) is 25.9 Å². The Kier molecular flexibility index (Phi) is 5.84. The summed E-state index contributed by atoms with van der Waals surface area (Å²) in [6, 6.07) is 6.75. The molecule has 0 aliphatic carbocycles. The first-order valence-electron chi connectivity index (χ1n) is 7.37. The summed E-state index contributed by atoms with van der Waals surface area (Å²) in [6.45, 7) is 1.70. The first-order valence-corrected chi connectivity index (χ1v) is 7.75. The van der Waals surface area contributed by atoms with Crippen molar-refractivity contribution >= 4 is 29.8 Å². The quantitative estimate of drug-likeness (QED) is 0.754. The first kappa shape index (κ1) is 18.3. The smallest absolute Gasteiger partial charge is 0.165 e. The van der Waals surface area contributed by atoms with Crippen LogP contribution < -0.4 is 11.1 Å². The molecule has 24 heavy (non-hydrogen) atoms. The summed E-state index contributed by atoms with van der Waals surface area (Å²) in [6.07, 6.45) is 1.94. The van der Waals surface area contributed by atoms with Crippen molar-refractivity contribution in [1.82, 2.24) is 15.3 Å². The third-order valence-electron chi connectivity index (χ3n) is 3.96. The highest BCUT2D eigenvalue weighted by atomic mass is 35.5. The van der Waals surface area contributed by atoms with E-state index < -0.39 is 0 Å². The number of rotatable bonds is 2. The Labute approximate surface area is 151 Å². The molecule has 1 saturated heterocycles. The average molecular weight is 366 g/mol. The van der Waals surface area contributed by atoms with Gasteiger partial charge in [0, 0.05) is 17.5 Å². The van der Waals surface area contributed by atoms with Gasteiger partial charge in [-0.15, -0.1) is 12.4 Å². The van der Waals surface area contributed by atoms with Crippen molar-refractivity contribution < 1.29 is 5.11 Å². The van der Waals surface area contributed by atoms with Gasteiger partial charge in [0.05, 0.1) is 11.3 Å². The van der Waals surface area contributed by atoms with Crippen LogP contribution in [0.1, 0.15) is 30.0 Å². The molecule has 2 heterocycles. The zero-order valence-corrected chi connectivity index (χ0v) is 14.4. The van der Waals surface area contributed by atoms with Crippen molar-refractivity contribution in [3.05, 3.63) is 34.5 Å². The van der Waals surface area contributed by atoms with Crippen molar-refractivity contribution in [2.75, 3.05) is 18.8 Å². The van der Waals surface area contributed by atoms with Crippen molar-refractivity contribution in [2.45, 2.75) is 18.8 Å². The molecule has 3 rings (SSSR count). The molecular weight excluding hydrogens is 349 g/mol. The highest BCUT2D eigenvalue weighted by Gasteiger charge is 2.24. The Balaban J connectivity index is 0.00000208. The van der Waals surface area contributed by atoms with Gasteiger partial charge in [-0.2, -0.15) is 5.26 Å². The van der Waals surface area contributed by atoms with E-state index in [2.05, 4.69) is 21.4 Å². The van der Waals surface area contributed by atoms with Crippen LogP contribution >= 0.6 is 24.0 Å². The Morgan fingerprint density at radius 1 is 1.38 bits per heavy atom. The molecule has 1 aromatic heterocycles. The van der Waals surface area contributed by atoms with Crippen LogP contribution in [0.5, 0.6) is 5.75 Å². The fraction of sp³-hybridized carbons (Fsp3) is 0.312. The number of phenolic OH excluding ortho intramolecular Hbond substituents is 1. The number of piperidine rings is 1. The Bertz CT molecular complexity index is 785. The third-order valence-corrected chi connectivity index (χ3v) is 4.19. The van der Waals surface area contributed by atoms with E-state index in [-0.39, 0.29) is 35.7 Å². The molecule has 0 bridgehead atoms. The van der Waals surface area contributed by atoms with Crippen LogP contribution in [-0.4, -0.2) is 28.2 Å². The zero-order valence-electron chi connectivity index (χ0n) is 12.8. The summed E-state index contributed by atoms with van der Waals surface area (Å²) in [7, 11) is 0. The van der Waals surface area contributed by atoms with Crippen LogP contribution in [-0.2, 0) is 0 Å². The number of anilines is 1. The molecule has 2 aromatic rings. The van der Waals surface area contributed by atoms with Crippen LogP contribution in [0.15, 0.2) is 18.2 Å². The lowest BCUT2D eigenvalue weighted by atomic mass is 9.93. The van der Waals surface area contributed by atoms with Gasteiger partial charge in [0.15, 0.2) is 5.82 Å². The van der Waals surface area contributed by atoms with Gasteiger partial charge in [0.2, 0.25) is 0 Å². The predicted octanol–water partition coefficient (Wildman–Crippen LogP) is 2.85. The molecule has 0 spiro atoms. The maximum absolute atomic E-state index is 10.1. The minimum absolute atomic E-state index is 0. The summed E-state index contributed by atoms with van der Waals surface area (Å²) in [4.78, 5) is 8.70. The lowest BCUT2D eigenvalue weighted by Crippen LogP contribution is -2.29. The van der Waals surface area contributed by atoms with Crippen molar-refractivity contribution in [3.8, 4) is 23.2 Å². The summed E-state index contributed by atoms with van der Waals surface area (Å²) >= 11 is 5.99. The Morgan fingerprint density at radius 3 is 2.83 bits per heavy atom. The number of hydrogen-bond donors (Lipinski definition) is 3. The van der Waals surface area contributed by atoms with E-state index in [1.807, 2.05) is 0 Å². The largest absolute Gasteiger partial charge is 0.507 e. The minimum Gasteiger partial charge on any atom is -0.507 e. The first-order chi connectivity index (χ1) is 11.1. The number of phenols is 1. The number of nitriles is 1. The SMILES string of the molecule is Cl.N#Cc1c(N)nc(-c2cc(Cl)ccc2O)nc1C1CCCNC1. The van der Waals surface area contributed by atoms with Crippen LogP contribution in [0.2, 0.25) is 5.02 Å². The van der Waals surface area contributed by atoms with Crippen LogP contribution in [0.25, 0.3) is 11.4 Å². The molecule has 1 aromatic carbocycles. The van der Waals surface area contributed by atoms with Gasteiger partial charge in [-0.05, 0) is 37.6 Å². The number of nitrogen functional groups attached to an aromatic ring is 1. The summed E-state index contributed by atoms with van der Waals surface area (Å²) in [5.74, 6) is 0.523.